The molecule has 0 saturated carbocycles. The zero-order valence-electron chi connectivity index (χ0n) is 10.9. The second kappa shape index (κ2) is 4.68. The van der Waals surface area contributed by atoms with Crippen molar-refractivity contribution in [2.75, 3.05) is 0 Å². The van der Waals surface area contributed by atoms with E-state index in [0.29, 0.717) is 17.0 Å². The lowest BCUT2D eigenvalue weighted by molar-refractivity contribution is 0.0693. The monoisotopic (exact) mass is 262 g/mol. The standard InChI is InChI=1S/C12H14N4O3/c1-7-4-8(2)16(11(17)10(7)12(18)19)6-9-5-15(3)14-13-9/h4-5H,6H2,1-3H3,(H,18,19). The molecule has 0 aliphatic heterocycles. The van der Waals surface area contributed by atoms with E-state index in [-0.39, 0.29) is 12.1 Å². The van der Waals surface area contributed by atoms with Gasteiger partial charge in [0.2, 0.25) is 0 Å². The molecule has 1 N–H and O–H groups in total. The smallest absolute Gasteiger partial charge is 0.341 e. The number of carboxylic acids is 1. The van der Waals surface area contributed by atoms with Crippen LogP contribution in [0.25, 0.3) is 0 Å². The first-order valence-electron chi connectivity index (χ1n) is 5.69. The van der Waals surface area contributed by atoms with Crippen LogP contribution in [0.2, 0.25) is 0 Å². The van der Waals surface area contributed by atoms with Gasteiger partial charge in [-0.2, -0.15) is 0 Å². The quantitative estimate of drug-likeness (QED) is 0.861. The number of aryl methyl sites for hydroxylation is 3. The van der Waals surface area contributed by atoms with Crippen LogP contribution in [0.5, 0.6) is 0 Å². The number of aromatic nitrogens is 4. The lowest BCUT2D eigenvalue weighted by atomic mass is 10.1. The maximum Gasteiger partial charge on any atom is 0.341 e. The van der Waals surface area contributed by atoms with E-state index in [2.05, 4.69) is 10.3 Å². The summed E-state index contributed by atoms with van der Waals surface area (Å²) in [5.74, 6) is -1.21. The molecule has 2 aromatic rings. The van der Waals surface area contributed by atoms with E-state index >= 15 is 0 Å². The Bertz CT molecular complexity index is 699. The number of hydrogen-bond acceptors (Lipinski definition) is 4. The minimum Gasteiger partial charge on any atom is -0.477 e. The fourth-order valence-electron chi connectivity index (χ4n) is 2.01. The number of carbonyl (C=O) groups is 1. The van der Waals surface area contributed by atoms with Crippen molar-refractivity contribution < 1.29 is 9.90 Å². The molecule has 2 heterocycles. The van der Waals surface area contributed by atoms with Crippen LogP contribution in [-0.2, 0) is 13.6 Å². The first-order chi connectivity index (χ1) is 8.90. The molecule has 100 valence electrons. The molecule has 0 aromatic carbocycles. The summed E-state index contributed by atoms with van der Waals surface area (Å²) in [6, 6.07) is 1.68. The largest absolute Gasteiger partial charge is 0.477 e. The van der Waals surface area contributed by atoms with Gasteiger partial charge in [-0.05, 0) is 25.5 Å². The number of nitrogens with zero attached hydrogens (tertiary/aromatic N) is 4. The third-order valence-corrected chi connectivity index (χ3v) is 2.89. The van der Waals surface area contributed by atoms with Crippen LogP contribution in [0, 0.1) is 13.8 Å². The maximum absolute atomic E-state index is 12.2. The number of carboxylic acid groups (broad SMARTS) is 1. The third-order valence-electron chi connectivity index (χ3n) is 2.89. The van der Waals surface area contributed by atoms with E-state index in [1.807, 2.05) is 0 Å². The molecule has 0 fully saturated rings. The van der Waals surface area contributed by atoms with Crippen molar-refractivity contribution in [2.24, 2.45) is 7.05 Å². The van der Waals surface area contributed by atoms with Crippen LogP contribution in [0.3, 0.4) is 0 Å². The molecular formula is C12H14N4O3. The van der Waals surface area contributed by atoms with E-state index in [1.165, 1.54) is 9.25 Å². The van der Waals surface area contributed by atoms with Gasteiger partial charge in [0.1, 0.15) is 11.3 Å². The molecule has 0 aliphatic rings. The highest BCUT2D eigenvalue weighted by Gasteiger charge is 2.17. The number of rotatable bonds is 3. The molecule has 0 unspecified atom stereocenters. The molecule has 0 bridgehead atoms. The highest BCUT2D eigenvalue weighted by Crippen LogP contribution is 2.08. The van der Waals surface area contributed by atoms with Crippen molar-refractivity contribution in [3.8, 4) is 0 Å². The van der Waals surface area contributed by atoms with Crippen molar-refractivity contribution in [1.82, 2.24) is 19.6 Å². The summed E-state index contributed by atoms with van der Waals surface area (Å²) in [7, 11) is 1.73. The summed E-state index contributed by atoms with van der Waals surface area (Å²) in [5, 5.41) is 16.8. The normalized spacial score (nSPS) is 10.7. The molecule has 2 rings (SSSR count). The molecule has 0 radical (unpaired) electrons. The van der Waals surface area contributed by atoms with Crippen LogP contribution < -0.4 is 5.56 Å². The van der Waals surface area contributed by atoms with E-state index < -0.39 is 11.5 Å². The van der Waals surface area contributed by atoms with Crippen LogP contribution in [0.4, 0.5) is 0 Å². The Labute approximate surface area is 109 Å². The van der Waals surface area contributed by atoms with Crippen molar-refractivity contribution >= 4 is 5.97 Å². The van der Waals surface area contributed by atoms with Crippen molar-refractivity contribution in [1.29, 1.82) is 0 Å². The van der Waals surface area contributed by atoms with Gasteiger partial charge < -0.3 is 9.67 Å². The van der Waals surface area contributed by atoms with E-state index in [4.69, 9.17) is 5.11 Å². The van der Waals surface area contributed by atoms with Gasteiger partial charge in [0.25, 0.3) is 5.56 Å². The van der Waals surface area contributed by atoms with Crippen molar-refractivity contribution in [3.05, 3.63) is 45.1 Å². The Morgan fingerprint density at radius 3 is 2.63 bits per heavy atom. The van der Waals surface area contributed by atoms with Gasteiger partial charge in [-0.25, -0.2) is 4.79 Å². The predicted molar refractivity (Wildman–Crippen MR) is 67.2 cm³/mol. The molecule has 0 saturated heterocycles. The lowest BCUT2D eigenvalue weighted by Crippen LogP contribution is -2.29. The Balaban J connectivity index is 2.54. The Morgan fingerprint density at radius 2 is 2.11 bits per heavy atom. The topological polar surface area (TPSA) is 90.0 Å². The Kier molecular flexibility index (Phi) is 3.20. The molecular weight excluding hydrogens is 248 g/mol. The lowest BCUT2D eigenvalue weighted by Gasteiger charge is -2.11. The maximum atomic E-state index is 12.2. The fourth-order valence-corrected chi connectivity index (χ4v) is 2.01. The minimum absolute atomic E-state index is 0.200. The summed E-state index contributed by atoms with van der Waals surface area (Å²) in [6.45, 7) is 3.58. The van der Waals surface area contributed by atoms with E-state index in [9.17, 15) is 9.59 Å². The molecule has 19 heavy (non-hydrogen) atoms. The summed E-state index contributed by atoms with van der Waals surface area (Å²) in [6.07, 6.45) is 1.69. The first-order valence-corrected chi connectivity index (χ1v) is 5.69. The highest BCUT2D eigenvalue weighted by molar-refractivity contribution is 5.88. The average molecular weight is 262 g/mol. The van der Waals surface area contributed by atoms with E-state index in [0.717, 1.165) is 0 Å². The summed E-state index contributed by atoms with van der Waals surface area (Å²) in [5.41, 5.74) is 1.04. The van der Waals surface area contributed by atoms with Crippen molar-refractivity contribution in [3.63, 3.8) is 0 Å². The van der Waals surface area contributed by atoms with Crippen LogP contribution in [0.1, 0.15) is 27.3 Å². The molecule has 2 aromatic heterocycles. The van der Waals surface area contributed by atoms with Crippen molar-refractivity contribution in [2.45, 2.75) is 20.4 Å². The van der Waals surface area contributed by atoms with Gasteiger partial charge in [0.05, 0.1) is 6.54 Å². The van der Waals surface area contributed by atoms with Gasteiger partial charge in [-0.15, -0.1) is 5.10 Å². The van der Waals surface area contributed by atoms with Crippen LogP contribution in [0.15, 0.2) is 17.1 Å². The Hall–Kier alpha value is -2.44. The number of hydrogen-bond donors (Lipinski definition) is 1. The van der Waals surface area contributed by atoms with Gasteiger partial charge in [0.15, 0.2) is 0 Å². The molecule has 0 amide bonds. The second-order valence-electron chi connectivity index (χ2n) is 4.42. The SMILES string of the molecule is Cc1cc(C)n(Cc2cn(C)nn2)c(=O)c1C(=O)O. The summed E-state index contributed by atoms with van der Waals surface area (Å²) >= 11 is 0. The van der Waals surface area contributed by atoms with Gasteiger partial charge in [0, 0.05) is 18.9 Å². The third kappa shape index (κ3) is 2.40. The summed E-state index contributed by atoms with van der Waals surface area (Å²) < 4.78 is 2.92. The molecule has 0 aliphatic carbocycles. The molecule has 0 spiro atoms. The summed E-state index contributed by atoms with van der Waals surface area (Å²) in [4.78, 5) is 23.3. The van der Waals surface area contributed by atoms with Gasteiger partial charge in [-0.1, -0.05) is 5.21 Å². The zero-order chi connectivity index (χ0) is 14.2. The molecule has 7 nitrogen and oxygen atoms in total. The molecule has 7 heteroatoms. The van der Waals surface area contributed by atoms with E-state index in [1.54, 1.807) is 33.2 Å². The number of pyridine rings is 1. The first kappa shape index (κ1) is 13.0. The Morgan fingerprint density at radius 1 is 1.42 bits per heavy atom. The minimum atomic E-state index is -1.21. The van der Waals surface area contributed by atoms with Crippen LogP contribution >= 0.6 is 0 Å². The van der Waals surface area contributed by atoms with Crippen LogP contribution in [-0.4, -0.2) is 30.6 Å². The second-order valence-corrected chi connectivity index (χ2v) is 4.42. The average Bonchev–Trinajstić information content (AvgIpc) is 2.69. The molecule has 0 atom stereocenters. The number of aromatic carboxylic acids is 1. The fraction of sp³-hybridized carbons (Fsp3) is 0.333. The van der Waals surface area contributed by atoms with Gasteiger partial charge in [-0.3, -0.25) is 9.48 Å². The predicted octanol–water partition coefficient (Wildman–Crippen LogP) is 0.340. The highest BCUT2D eigenvalue weighted by atomic mass is 16.4. The zero-order valence-corrected chi connectivity index (χ0v) is 10.9. The van der Waals surface area contributed by atoms with Gasteiger partial charge >= 0.3 is 5.97 Å².